The highest BCUT2D eigenvalue weighted by atomic mass is 35.5. The molecule has 0 saturated carbocycles. The highest BCUT2D eigenvalue weighted by molar-refractivity contribution is 6.29. The predicted molar refractivity (Wildman–Crippen MR) is 79.6 cm³/mol. The third-order valence-electron chi connectivity index (χ3n) is 3.10. The van der Waals surface area contributed by atoms with E-state index in [0.717, 1.165) is 16.4 Å². The van der Waals surface area contributed by atoms with Crippen molar-refractivity contribution in [2.45, 2.75) is 0 Å². The molecule has 0 fully saturated rings. The van der Waals surface area contributed by atoms with Gasteiger partial charge in [-0.3, -0.25) is 4.79 Å². The maximum absolute atomic E-state index is 11.5. The topological polar surface area (TPSA) is 51.5 Å². The number of amides is 1. The van der Waals surface area contributed by atoms with Crippen LogP contribution < -0.4 is 10.1 Å². The number of benzene rings is 2. The summed E-state index contributed by atoms with van der Waals surface area (Å²) in [6.07, 6.45) is 0. The number of rotatable bonds is 3. The lowest BCUT2D eigenvalue weighted by molar-refractivity contribution is -0.113. The molecule has 1 aromatic heterocycles. The summed E-state index contributed by atoms with van der Waals surface area (Å²) in [5, 5.41) is 4.51. The molecule has 4 nitrogen and oxygen atoms in total. The quantitative estimate of drug-likeness (QED) is 0.747. The van der Waals surface area contributed by atoms with E-state index < -0.39 is 0 Å². The molecule has 3 aromatic rings. The Kier molecular flexibility index (Phi) is 3.24. The maximum Gasteiger partial charge on any atom is 0.239 e. The lowest BCUT2D eigenvalue weighted by Crippen LogP contribution is -2.13. The molecule has 0 unspecified atom stereocenters. The molecule has 2 aromatic carbocycles. The van der Waals surface area contributed by atoms with E-state index in [2.05, 4.69) is 5.32 Å². The number of para-hydroxylation sites is 1. The highest BCUT2D eigenvalue weighted by Crippen LogP contribution is 2.40. The third-order valence-corrected chi connectivity index (χ3v) is 3.34. The molecular weight excluding hydrogens is 278 g/mol. The third kappa shape index (κ3) is 1.98. The molecule has 0 aliphatic rings. The smallest absolute Gasteiger partial charge is 0.239 e. The normalized spacial score (nSPS) is 10.9. The van der Waals surface area contributed by atoms with Gasteiger partial charge in [0.15, 0.2) is 5.75 Å². The van der Waals surface area contributed by atoms with Crippen LogP contribution >= 0.6 is 11.6 Å². The Hall–Kier alpha value is -2.20. The first-order valence-electron chi connectivity index (χ1n) is 6.08. The van der Waals surface area contributed by atoms with Gasteiger partial charge in [-0.2, -0.15) is 0 Å². The zero-order valence-corrected chi connectivity index (χ0v) is 11.5. The number of alkyl halides is 1. The molecule has 1 N–H and O–H groups in total. The first-order valence-corrected chi connectivity index (χ1v) is 6.62. The Balaban J connectivity index is 2.28. The van der Waals surface area contributed by atoms with Crippen LogP contribution in [0.15, 0.2) is 40.8 Å². The fraction of sp³-hybridized carbons (Fsp3) is 0.133. The summed E-state index contributed by atoms with van der Waals surface area (Å²) in [5.74, 6) is 0.191. The first-order chi connectivity index (χ1) is 9.74. The lowest BCUT2D eigenvalue weighted by Gasteiger charge is -2.10. The van der Waals surface area contributed by atoms with Crippen LogP contribution in [-0.4, -0.2) is 18.9 Å². The van der Waals surface area contributed by atoms with Crippen molar-refractivity contribution in [1.82, 2.24) is 0 Å². The van der Waals surface area contributed by atoms with Crippen LogP contribution in [0.4, 0.5) is 5.69 Å². The van der Waals surface area contributed by atoms with Crippen LogP contribution in [0.5, 0.6) is 5.75 Å². The summed E-state index contributed by atoms with van der Waals surface area (Å²) in [7, 11) is 1.56. The second-order valence-electron chi connectivity index (χ2n) is 4.30. The van der Waals surface area contributed by atoms with E-state index in [4.69, 9.17) is 20.8 Å². The lowest BCUT2D eigenvalue weighted by atomic mass is 10.1. The minimum absolute atomic E-state index is 0.104. The van der Waals surface area contributed by atoms with Crippen LogP contribution in [0.25, 0.3) is 21.9 Å². The van der Waals surface area contributed by atoms with Crippen molar-refractivity contribution in [3.63, 3.8) is 0 Å². The van der Waals surface area contributed by atoms with E-state index in [1.807, 2.05) is 30.3 Å². The van der Waals surface area contributed by atoms with Gasteiger partial charge in [0, 0.05) is 5.39 Å². The van der Waals surface area contributed by atoms with E-state index in [0.29, 0.717) is 17.0 Å². The number of nitrogens with one attached hydrogen (secondary N) is 1. The molecular formula is C15H12ClNO3. The molecule has 0 saturated heterocycles. The molecule has 0 aliphatic heterocycles. The fourth-order valence-electron chi connectivity index (χ4n) is 2.28. The second-order valence-corrected chi connectivity index (χ2v) is 4.57. The fourth-order valence-corrected chi connectivity index (χ4v) is 2.35. The van der Waals surface area contributed by atoms with E-state index >= 15 is 0 Å². The largest absolute Gasteiger partial charge is 0.494 e. The summed E-state index contributed by atoms with van der Waals surface area (Å²) >= 11 is 5.52. The van der Waals surface area contributed by atoms with Gasteiger partial charge in [0.05, 0.1) is 18.2 Å². The summed E-state index contributed by atoms with van der Waals surface area (Å²) in [4.78, 5) is 11.5. The monoisotopic (exact) mass is 289 g/mol. The molecule has 0 bridgehead atoms. The first kappa shape index (κ1) is 12.8. The Labute approximate surface area is 120 Å². The van der Waals surface area contributed by atoms with Gasteiger partial charge in [-0.25, -0.2) is 0 Å². The van der Waals surface area contributed by atoms with Gasteiger partial charge in [-0.15, -0.1) is 11.6 Å². The zero-order valence-electron chi connectivity index (χ0n) is 10.8. The molecule has 20 heavy (non-hydrogen) atoms. The number of fused-ring (bicyclic) bond motifs is 3. The number of ether oxygens (including phenoxy) is 1. The van der Waals surface area contributed by atoms with Crippen LogP contribution in [0, 0.1) is 0 Å². The molecule has 1 heterocycles. The number of methoxy groups -OCH3 is 1. The van der Waals surface area contributed by atoms with Gasteiger partial charge in [-0.05, 0) is 18.2 Å². The van der Waals surface area contributed by atoms with E-state index in [-0.39, 0.29) is 11.8 Å². The molecule has 0 radical (unpaired) electrons. The average molecular weight is 290 g/mol. The summed E-state index contributed by atoms with van der Waals surface area (Å²) in [5.41, 5.74) is 2.07. The van der Waals surface area contributed by atoms with Gasteiger partial charge in [0.1, 0.15) is 17.0 Å². The Morgan fingerprint density at radius 1 is 1.25 bits per heavy atom. The van der Waals surface area contributed by atoms with Crippen molar-refractivity contribution in [2.24, 2.45) is 0 Å². The van der Waals surface area contributed by atoms with Crippen molar-refractivity contribution >= 4 is 45.1 Å². The minimum atomic E-state index is -0.280. The van der Waals surface area contributed by atoms with Crippen molar-refractivity contribution in [1.29, 1.82) is 0 Å². The van der Waals surface area contributed by atoms with Gasteiger partial charge in [-0.1, -0.05) is 18.2 Å². The number of halogens is 1. The number of hydrogen-bond acceptors (Lipinski definition) is 3. The Bertz CT molecular complexity index is 794. The van der Waals surface area contributed by atoms with E-state index in [1.54, 1.807) is 13.2 Å². The van der Waals surface area contributed by atoms with Crippen LogP contribution in [0.3, 0.4) is 0 Å². The molecule has 0 spiro atoms. The molecule has 0 atom stereocenters. The van der Waals surface area contributed by atoms with Crippen molar-refractivity contribution in [3.8, 4) is 5.75 Å². The Morgan fingerprint density at radius 2 is 2.05 bits per heavy atom. The number of carbonyl (C=O) groups excluding carboxylic acids is 1. The van der Waals surface area contributed by atoms with Gasteiger partial charge < -0.3 is 14.5 Å². The van der Waals surface area contributed by atoms with Crippen molar-refractivity contribution in [2.75, 3.05) is 18.3 Å². The number of anilines is 1. The van der Waals surface area contributed by atoms with Crippen LogP contribution in [0.1, 0.15) is 0 Å². The average Bonchev–Trinajstić information content (AvgIpc) is 2.85. The SMILES string of the molecule is COc1c(NC(=O)CCl)ccc2oc3ccccc3c12. The summed E-state index contributed by atoms with van der Waals surface area (Å²) < 4.78 is 11.2. The number of carbonyl (C=O) groups is 1. The maximum atomic E-state index is 11.5. The molecule has 102 valence electrons. The van der Waals surface area contributed by atoms with Crippen LogP contribution in [-0.2, 0) is 4.79 Å². The van der Waals surface area contributed by atoms with Gasteiger partial charge >= 0.3 is 0 Å². The number of hydrogen-bond donors (Lipinski definition) is 1. The Morgan fingerprint density at radius 3 is 2.80 bits per heavy atom. The van der Waals surface area contributed by atoms with E-state index in [1.165, 1.54) is 0 Å². The van der Waals surface area contributed by atoms with Crippen molar-refractivity contribution < 1.29 is 13.9 Å². The van der Waals surface area contributed by atoms with E-state index in [9.17, 15) is 4.79 Å². The minimum Gasteiger partial charge on any atom is -0.494 e. The van der Waals surface area contributed by atoms with Gasteiger partial charge in [0.25, 0.3) is 0 Å². The van der Waals surface area contributed by atoms with Gasteiger partial charge in [0.2, 0.25) is 5.91 Å². The summed E-state index contributed by atoms with van der Waals surface area (Å²) in [6.45, 7) is 0. The molecule has 0 aliphatic carbocycles. The number of furan rings is 1. The highest BCUT2D eigenvalue weighted by Gasteiger charge is 2.16. The zero-order chi connectivity index (χ0) is 14.1. The summed E-state index contributed by atoms with van der Waals surface area (Å²) in [6, 6.07) is 11.2. The molecule has 1 amide bonds. The van der Waals surface area contributed by atoms with Crippen LogP contribution in [0.2, 0.25) is 0 Å². The second kappa shape index (κ2) is 5.06. The molecule has 3 rings (SSSR count). The predicted octanol–water partition coefficient (Wildman–Crippen LogP) is 3.77. The standard InChI is InChI=1S/C15H12ClNO3/c1-19-15-10(17-13(18)8-16)6-7-12-14(15)9-4-2-3-5-11(9)20-12/h2-7H,8H2,1H3,(H,17,18). The van der Waals surface area contributed by atoms with Crippen molar-refractivity contribution in [3.05, 3.63) is 36.4 Å². The molecule has 5 heteroatoms.